The first-order valence-electron chi connectivity index (χ1n) is 7.03. The molecular formula is C14H14F3N3O6. The number of alkyl halides is 3. The molecule has 3 N–H and O–H groups in total. The average molecular weight is 377 g/mol. The van der Waals surface area contributed by atoms with Crippen molar-refractivity contribution in [1.29, 1.82) is 0 Å². The van der Waals surface area contributed by atoms with Gasteiger partial charge in [0.2, 0.25) is 5.91 Å². The summed E-state index contributed by atoms with van der Waals surface area (Å²) in [6, 6.07) is 1.26. The number of halogens is 3. The molecule has 0 fully saturated rings. The van der Waals surface area contributed by atoms with Crippen LogP contribution in [0.4, 0.5) is 18.9 Å². The Labute approximate surface area is 144 Å². The lowest BCUT2D eigenvalue weighted by molar-refractivity contribution is -0.385. The highest BCUT2D eigenvalue weighted by molar-refractivity contribution is 5.97. The van der Waals surface area contributed by atoms with Crippen molar-refractivity contribution in [3.8, 4) is 0 Å². The van der Waals surface area contributed by atoms with Crippen molar-refractivity contribution in [2.45, 2.75) is 25.6 Å². The van der Waals surface area contributed by atoms with Crippen LogP contribution in [0.1, 0.15) is 22.3 Å². The number of hydrogen-bond acceptors (Lipinski definition) is 5. The van der Waals surface area contributed by atoms with E-state index in [9.17, 15) is 37.7 Å². The molecule has 9 nitrogen and oxygen atoms in total. The van der Waals surface area contributed by atoms with Crippen molar-refractivity contribution in [1.82, 2.24) is 10.6 Å². The Morgan fingerprint density at radius 2 is 1.92 bits per heavy atom. The van der Waals surface area contributed by atoms with Crippen LogP contribution in [-0.4, -0.2) is 46.6 Å². The normalized spacial score (nSPS) is 12.2. The Balaban J connectivity index is 2.66. The van der Waals surface area contributed by atoms with Gasteiger partial charge in [-0.1, -0.05) is 0 Å². The number of nitro benzene ring substituents is 1. The maximum absolute atomic E-state index is 12.2. The van der Waals surface area contributed by atoms with Crippen LogP contribution in [0.25, 0.3) is 0 Å². The molecule has 0 bridgehead atoms. The Hall–Kier alpha value is -3.18. The van der Waals surface area contributed by atoms with E-state index in [1.807, 2.05) is 0 Å². The van der Waals surface area contributed by atoms with Gasteiger partial charge in [0.05, 0.1) is 17.9 Å². The molecule has 12 heteroatoms. The van der Waals surface area contributed by atoms with E-state index in [1.165, 1.54) is 13.0 Å². The molecular weight excluding hydrogens is 363 g/mol. The molecule has 0 aromatic heterocycles. The number of nitro groups is 1. The monoisotopic (exact) mass is 377 g/mol. The van der Waals surface area contributed by atoms with Crippen LogP contribution >= 0.6 is 0 Å². The summed E-state index contributed by atoms with van der Waals surface area (Å²) in [7, 11) is 0. The van der Waals surface area contributed by atoms with Crippen molar-refractivity contribution in [3.05, 3.63) is 39.4 Å². The van der Waals surface area contributed by atoms with E-state index in [2.05, 4.69) is 5.32 Å². The maximum atomic E-state index is 12.2. The van der Waals surface area contributed by atoms with Gasteiger partial charge in [-0.15, -0.1) is 0 Å². The van der Waals surface area contributed by atoms with Crippen molar-refractivity contribution >= 4 is 23.5 Å². The topological polar surface area (TPSA) is 139 Å². The molecule has 0 spiro atoms. The number of carboxylic acids is 1. The number of benzene rings is 1. The molecule has 0 aliphatic rings. The number of nitrogens with zero attached hydrogens (tertiary/aromatic N) is 1. The number of carbonyl (C=O) groups excluding carboxylic acids is 2. The number of rotatable bonds is 7. The van der Waals surface area contributed by atoms with Gasteiger partial charge in [0.15, 0.2) is 0 Å². The molecule has 1 aromatic rings. The standard InChI is InChI=1S/C14H14F3N3O6/c1-7-4-8(2-3-10(7)20(25)26)12(22)18-6-11(21)19-9(13(23)24)5-14(15,16)17/h2-4,9H,5-6H2,1H3,(H,18,22)(H,19,21)(H,23,24). The maximum Gasteiger partial charge on any atom is 0.391 e. The summed E-state index contributed by atoms with van der Waals surface area (Å²) in [5.41, 5.74) is -0.0232. The average Bonchev–Trinajstić information content (AvgIpc) is 2.50. The van der Waals surface area contributed by atoms with E-state index in [4.69, 9.17) is 5.11 Å². The highest BCUT2D eigenvalue weighted by Crippen LogP contribution is 2.21. The lowest BCUT2D eigenvalue weighted by Gasteiger charge is -2.16. The first kappa shape index (κ1) is 20.9. The predicted molar refractivity (Wildman–Crippen MR) is 80.4 cm³/mol. The summed E-state index contributed by atoms with van der Waals surface area (Å²) < 4.78 is 36.7. The summed E-state index contributed by atoms with van der Waals surface area (Å²) in [5, 5.41) is 23.1. The molecule has 0 aliphatic carbocycles. The van der Waals surface area contributed by atoms with Gasteiger partial charge in [-0.3, -0.25) is 19.7 Å². The van der Waals surface area contributed by atoms with E-state index in [0.29, 0.717) is 0 Å². The van der Waals surface area contributed by atoms with Gasteiger partial charge in [0.1, 0.15) is 6.04 Å². The van der Waals surface area contributed by atoms with Crippen LogP contribution in [-0.2, 0) is 9.59 Å². The summed E-state index contributed by atoms with van der Waals surface area (Å²) in [6.07, 6.45) is -6.56. The van der Waals surface area contributed by atoms with Gasteiger partial charge in [-0.2, -0.15) is 13.2 Å². The largest absolute Gasteiger partial charge is 0.480 e. The fraction of sp³-hybridized carbons (Fsp3) is 0.357. The predicted octanol–water partition coefficient (Wildman–Crippen LogP) is 1.15. The molecule has 0 radical (unpaired) electrons. The Bertz CT molecular complexity index is 735. The third-order valence-electron chi connectivity index (χ3n) is 3.13. The third kappa shape index (κ3) is 6.37. The van der Waals surface area contributed by atoms with Crippen LogP contribution in [0.5, 0.6) is 0 Å². The minimum absolute atomic E-state index is 0.00836. The molecule has 0 saturated heterocycles. The first-order valence-corrected chi connectivity index (χ1v) is 7.03. The molecule has 1 unspecified atom stereocenters. The second kappa shape index (κ2) is 8.27. The highest BCUT2D eigenvalue weighted by Gasteiger charge is 2.36. The summed E-state index contributed by atoms with van der Waals surface area (Å²) in [6.45, 7) is 0.632. The Morgan fingerprint density at radius 1 is 1.31 bits per heavy atom. The van der Waals surface area contributed by atoms with Crippen molar-refractivity contribution in [2.24, 2.45) is 0 Å². The summed E-state index contributed by atoms with van der Waals surface area (Å²) in [5.74, 6) is -3.80. The summed E-state index contributed by atoms with van der Waals surface area (Å²) in [4.78, 5) is 44.2. The minimum Gasteiger partial charge on any atom is -0.480 e. The van der Waals surface area contributed by atoms with Crippen LogP contribution in [0.3, 0.4) is 0 Å². The highest BCUT2D eigenvalue weighted by atomic mass is 19.4. The number of nitrogens with one attached hydrogen (secondary N) is 2. The SMILES string of the molecule is Cc1cc(C(=O)NCC(=O)NC(CC(F)(F)F)C(=O)O)ccc1[N+](=O)[O-]. The molecule has 1 rings (SSSR count). The number of hydrogen-bond donors (Lipinski definition) is 3. The van der Waals surface area contributed by atoms with Gasteiger partial charge in [0, 0.05) is 17.2 Å². The lowest BCUT2D eigenvalue weighted by Crippen LogP contribution is -2.47. The second-order valence-electron chi connectivity index (χ2n) is 5.22. The molecule has 2 amide bonds. The minimum atomic E-state index is -4.80. The van der Waals surface area contributed by atoms with Gasteiger partial charge < -0.3 is 15.7 Å². The van der Waals surface area contributed by atoms with E-state index in [1.54, 1.807) is 5.32 Å². The molecule has 142 valence electrons. The van der Waals surface area contributed by atoms with E-state index in [0.717, 1.165) is 12.1 Å². The van der Waals surface area contributed by atoms with Gasteiger partial charge in [-0.05, 0) is 19.1 Å². The smallest absolute Gasteiger partial charge is 0.391 e. The van der Waals surface area contributed by atoms with Crippen molar-refractivity contribution in [3.63, 3.8) is 0 Å². The molecule has 0 heterocycles. The molecule has 1 aromatic carbocycles. The molecule has 0 aliphatic heterocycles. The fourth-order valence-electron chi connectivity index (χ4n) is 1.94. The zero-order valence-electron chi connectivity index (χ0n) is 13.3. The third-order valence-corrected chi connectivity index (χ3v) is 3.13. The molecule has 0 saturated carbocycles. The molecule has 1 atom stereocenters. The molecule has 26 heavy (non-hydrogen) atoms. The van der Waals surface area contributed by atoms with Crippen LogP contribution in [0.15, 0.2) is 18.2 Å². The zero-order chi connectivity index (χ0) is 20.1. The number of amides is 2. The Morgan fingerprint density at radius 3 is 2.38 bits per heavy atom. The lowest BCUT2D eigenvalue weighted by atomic mass is 10.1. The zero-order valence-corrected chi connectivity index (χ0v) is 13.3. The van der Waals surface area contributed by atoms with E-state index >= 15 is 0 Å². The van der Waals surface area contributed by atoms with E-state index < -0.39 is 47.9 Å². The number of aliphatic carboxylic acids is 1. The fourth-order valence-corrected chi connectivity index (χ4v) is 1.94. The van der Waals surface area contributed by atoms with Crippen LogP contribution in [0, 0.1) is 17.0 Å². The number of carboxylic acid groups (broad SMARTS) is 1. The van der Waals surface area contributed by atoms with E-state index in [-0.39, 0.29) is 16.8 Å². The summed E-state index contributed by atoms with van der Waals surface area (Å²) >= 11 is 0. The van der Waals surface area contributed by atoms with Crippen molar-refractivity contribution < 1.29 is 37.6 Å². The van der Waals surface area contributed by atoms with Gasteiger partial charge in [0.25, 0.3) is 11.6 Å². The van der Waals surface area contributed by atoms with Crippen LogP contribution < -0.4 is 10.6 Å². The second-order valence-corrected chi connectivity index (χ2v) is 5.22. The Kier molecular flexibility index (Phi) is 6.64. The van der Waals surface area contributed by atoms with Crippen molar-refractivity contribution in [2.75, 3.05) is 6.54 Å². The number of aryl methyl sites for hydroxylation is 1. The van der Waals surface area contributed by atoms with Gasteiger partial charge >= 0.3 is 12.1 Å². The number of carbonyl (C=O) groups is 3. The van der Waals surface area contributed by atoms with Crippen LogP contribution in [0.2, 0.25) is 0 Å². The van der Waals surface area contributed by atoms with Gasteiger partial charge in [-0.25, -0.2) is 4.79 Å². The quantitative estimate of drug-likeness (QED) is 0.481. The first-order chi connectivity index (χ1) is 11.9.